The third kappa shape index (κ3) is 4.28. The summed E-state index contributed by atoms with van der Waals surface area (Å²) in [5.74, 6) is -0.173. The van der Waals surface area contributed by atoms with E-state index in [2.05, 4.69) is 28.6 Å². The first kappa shape index (κ1) is 15.5. The topological polar surface area (TPSA) is 49.8 Å². The first-order valence-corrected chi connectivity index (χ1v) is 6.60. The van der Waals surface area contributed by atoms with Crippen LogP contribution in [0.3, 0.4) is 0 Å². The fourth-order valence-electron chi connectivity index (χ4n) is 1.53. The molecule has 6 heteroatoms. The van der Waals surface area contributed by atoms with Gasteiger partial charge in [0.05, 0.1) is 18.3 Å². The van der Waals surface area contributed by atoms with Crippen molar-refractivity contribution in [3.8, 4) is 0 Å². The van der Waals surface area contributed by atoms with Gasteiger partial charge >= 0.3 is 0 Å². The van der Waals surface area contributed by atoms with E-state index in [1.165, 1.54) is 12.0 Å². The van der Waals surface area contributed by atoms with Crippen LogP contribution in [0.5, 0.6) is 0 Å². The normalized spacial score (nSPS) is 12.3. The van der Waals surface area contributed by atoms with E-state index in [0.717, 1.165) is 0 Å². The number of rotatable bonds is 5. The minimum Gasteiger partial charge on any atom is -0.389 e. The Labute approximate surface area is 120 Å². The van der Waals surface area contributed by atoms with E-state index in [9.17, 15) is 9.90 Å². The molecule has 0 radical (unpaired) electrons. The van der Waals surface area contributed by atoms with Crippen molar-refractivity contribution in [3.63, 3.8) is 0 Å². The summed E-state index contributed by atoms with van der Waals surface area (Å²) in [5.41, 5.74) is 0.523. The van der Waals surface area contributed by atoms with Gasteiger partial charge in [-0.25, -0.2) is 0 Å². The molecule has 0 aromatic heterocycles. The van der Waals surface area contributed by atoms with Crippen molar-refractivity contribution in [1.29, 1.82) is 0 Å². The predicted octanol–water partition coefficient (Wildman–Crippen LogP) is 1.82. The third-order valence-corrected chi connectivity index (χ3v) is 3.34. The Morgan fingerprint density at radius 2 is 2.28 bits per heavy atom. The molecular weight excluding hydrogens is 318 g/mol. The number of hydrogen-bond acceptors (Lipinski definition) is 4. The van der Waals surface area contributed by atoms with E-state index < -0.39 is 6.10 Å². The van der Waals surface area contributed by atoms with Crippen LogP contribution in [0.1, 0.15) is 10.4 Å². The molecular formula is C12H16BrNO3S. The van der Waals surface area contributed by atoms with Gasteiger partial charge in [0.15, 0.2) is 0 Å². The minimum absolute atomic E-state index is 0.173. The van der Waals surface area contributed by atoms with E-state index in [1.807, 2.05) is 0 Å². The molecule has 0 aliphatic heterocycles. The van der Waals surface area contributed by atoms with Crippen molar-refractivity contribution in [3.05, 3.63) is 28.2 Å². The number of carbonyl (C=O) groups excluding carboxylic acids is 1. The van der Waals surface area contributed by atoms with E-state index in [-0.39, 0.29) is 19.1 Å². The molecule has 1 rings (SSSR count). The highest BCUT2D eigenvalue weighted by Gasteiger charge is 2.17. The number of aliphatic hydroxyl groups excluding tert-OH is 1. The molecule has 1 unspecified atom stereocenters. The molecule has 0 bridgehead atoms. The van der Waals surface area contributed by atoms with Gasteiger partial charge < -0.3 is 14.7 Å². The van der Waals surface area contributed by atoms with Crippen LogP contribution in [-0.4, -0.2) is 49.3 Å². The van der Waals surface area contributed by atoms with Crippen molar-refractivity contribution in [2.45, 2.75) is 11.0 Å². The van der Waals surface area contributed by atoms with Crippen LogP contribution in [0.4, 0.5) is 0 Å². The number of amides is 1. The molecule has 0 spiro atoms. The summed E-state index contributed by atoms with van der Waals surface area (Å²) in [5, 5.41) is 9.59. The Bertz CT molecular complexity index is 428. The first-order chi connectivity index (χ1) is 8.45. The number of thiol groups is 1. The average Bonchev–Trinajstić information content (AvgIpc) is 2.31. The highest BCUT2D eigenvalue weighted by atomic mass is 79.9. The second-order valence-corrected chi connectivity index (χ2v) is 5.33. The second-order valence-electron chi connectivity index (χ2n) is 3.96. The maximum absolute atomic E-state index is 12.2. The number of ether oxygens (including phenoxy) is 1. The molecule has 4 nitrogen and oxygen atoms in total. The van der Waals surface area contributed by atoms with Crippen molar-refractivity contribution in [1.82, 2.24) is 4.90 Å². The Morgan fingerprint density at radius 1 is 1.61 bits per heavy atom. The number of likely N-dealkylation sites (N-methyl/N-ethyl adjacent to an activating group) is 1. The summed E-state index contributed by atoms with van der Waals surface area (Å²) in [6.45, 7) is 0.418. The lowest BCUT2D eigenvalue weighted by atomic mass is 10.2. The lowest BCUT2D eigenvalue weighted by Gasteiger charge is -2.21. The Hall–Kier alpha value is -0.560. The number of benzene rings is 1. The number of aliphatic hydroxyl groups is 1. The van der Waals surface area contributed by atoms with Crippen LogP contribution in [0, 0.1) is 0 Å². The zero-order valence-corrected chi connectivity index (χ0v) is 12.7. The SMILES string of the molecule is COCC(O)CN(C)C(=O)c1cc(S)ccc1Br. The molecule has 0 aliphatic rings. The first-order valence-electron chi connectivity index (χ1n) is 5.36. The van der Waals surface area contributed by atoms with Gasteiger partial charge in [-0.1, -0.05) is 0 Å². The quantitative estimate of drug-likeness (QED) is 0.808. The van der Waals surface area contributed by atoms with Crippen LogP contribution in [0.25, 0.3) is 0 Å². The minimum atomic E-state index is -0.693. The van der Waals surface area contributed by atoms with Crippen LogP contribution < -0.4 is 0 Å². The molecule has 1 atom stereocenters. The molecule has 0 aliphatic carbocycles. The summed E-state index contributed by atoms with van der Waals surface area (Å²) in [7, 11) is 3.14. The van der Waals surface area contributed by atoms with Crippen LogP contribution in [0.2, 0.25) is 0 Å². The summed E-state index contributed by atoms with van der Waals surface area (Å²) >= 11 is 7.53. The molecule has 1 aromatic rings. The maximum Gasteiger partial charge on any atom is 0.254 e. The average molecular weight is 334 g/mol. The molecule has 0 saturated carbocycles. The molecule has 100 valence electrons. The Morgan fingerprint density at radius 3 is 2.89 bits per heavy atom. The van der Waals surface area contributed by atoms with E-state index in [1.54, 1.807) is 25.2 Å². The van der Waals surface area contributed by atoms with Gasteiger partial charge in [0.2, 0.25) is 0 Å². The number of carbonyl (C=O) groups is 1. The number of hydrogen-bond donors (Lipinski definition) is 2. The van der Waals surface area contributed by atoms with Crippen molar-refractivity contribution >= 4 is 34.5 Å². The lowest BCUT2D eigenvalue weighted by molar-refractivity contribution is 0.0380. The van der Waals surface area contributed by atoms with Crippen LogP contribution in [0.15, 0.2) is 27.6 Å². The van der Waals surface area contributed by atoms with Gasteiger partial charge in [-0.3, -0.25) is 4.79 Å². The second kappa shape index (κ2) is 7.13. The van der Waals surface area contributed by atoms with Gasteiger partial charge in [-0.2, -0.15) is 0 Å². The number of halogens is 1. The summed E-state index contributed by atoms with van der Waals surface area (Å²) in [4.78, 5) is 14.3. The smallest absolute Gasteiger partial charge is 0.254 e. The van der Waals surface area contributed by atoms with Gasteiger partial charge in [-0.05, 0) is 34.1 Å². The fraction of sp³-hybridized carbons (Fsp3) is 0.417. The van der Waals surface area contributed by atoms with Crippen LogP contribution >= 0.6 is 28.6 Å². The lowest BCUT2D eigenvalue weighted by Crippen LogP contribution is -2.36. The number of nitrogens with zero attached hydrogens (tertiary/aromatic N) is 1. The molecule has 1 amide bonds. The zero-order valence-electron chi connectivity index (χ0n) is 10.3. The van der Waals surface area contributed by atoms with Gasteiger partial charge in [0.1, 0.15) is 0 Å². The molecule has 1 aromatic carbocycles. The van der Waals surface area contributed by atoms with Crippen molar-refractivity contribution in [2.24, 2.45) is 0 Å². The van der Waals surface area contributed by atoms with Crippen molar-refractivity contribution in [2.75, 3.05) is 27.3 Å². The van der Waals surface area contributed by atoms with E-state index in [4.69, 9.17) is 4.74 Å². The van der Waals surface area contributed by atoms with Gasteiger partial charge in [-0.15, -0.1) is 12.6 Å². The number of methoxy groups -OCH3 is 1. The monoisotopic (exact) mass is 333 g/mol. The molecule has 0 saturated heterocycles. The molecule has 0 fully saturated rings. The van der Waals surface area contributed by atoms with E-state index >= 15 is 0 Å². The molecule has 18 heavy (non-hydrogen) atoms. The summed E-state index contributed by atoms with van der Waals surface area (Å²) < 4.78 is 5.53. The van der Waals surface area contributed by atoms with Gasteiger partial charge in [0, 0.05) is 30.1 Å². The van der Waals surface area contributed by atoms with Crippen molar-refractivity contribution < 1.29 is 14.6 Å². The molecule has 0 heterocycles. The third-order valence-electron chi connectivity index (χ3n) is 2.37. The molecule has 1 N–H and O–H groups in total. The van der Waals surface area contributed by atoms with Gasteiger partial charge in [0.25, 0.3) is 5.91 Å². The Kier molecular flexibility index (Phi) is 6.14. The highest BCUT2D eigenvalue weighted by Crippen LogP contribution is 2.21. The summed E-state index contributed by atoms with van der Waals surface area (Å²) in [6, 6.07) is 5.26. The standard InChI is InChI=1S/C12H16BrNO3S/c1-14(6-8(15)7-17-2)12(16)10-5-9(18)3-4-11(10)13/h3-5,8,15,18H,6-7H2,1-2H3. The highest BCUT2D eigenvalue weighted by molar-refractivity contribution is 9.10. The predicted molar refractivity (Wildman–Crippen MR) is 76.2 cm³/mol. The Balaban J connectivity index is 2.77. The maximum atomic E-state index is 12.2. The largest absolute Gasteiger partial charge is 0.389 e. The fourth-order valence-corrected chi connectivity index (χ4v) is 2.15. The zero-order chi connectivity index (χ0) is 13.7. The van der Waals surface area contributed by atoms with E-state index in [0.29, 0.717) is 14.9 Å². The van der Waals surface area contributed by atoms with Crippen LogP contribution in [-0.2, 0) is 4.74 Å². The summed E-state index contributed by atoms with van der Waals surface area (Å²) in [6.07, 6.45) is -0.693.